The van der Waals surface area contributed by atoms with Gasteiger partial charge in [0.25, 0.3) is 0 Å². The van der Waals surface area contributed by atoms with Gasteiger partial charge in [-0.1, -0.05) is 25.1 Å². The van der Waals surface area contributed by atoms with E-state index < -0.39 is 0 Å². The van der Waals surface area contributed by atoms with Gasteiger partial charge in [0, 0.05) is 0 Å². The number of rotatable bonds is 4. The summed E-state index contributed by atoms with van der Waals surface area (Å²) in [6.45, 7) is 4.34. The zero-order valence-corrected chi connectivity index (χ0v) is 6.83. The lowest BCUT2D eigenvalue weighted by molar-refractivity contribution is 0.744. The standard InChI is InChI=1S/C7H15P/c1-3-4-5-6-7(2)8/h8H,3-6H2,1-2H3. The van der Waals surface area contributed by atoms with Crippen molar-refractivity contribution in [2.24, 2.45) is 0 Å². The first-order valence-corrected chi connectivity index (χ1v) is 3.81. The molecule has 0 nitrogen and oxygen atoms in total. The fourth-order valence-corrected chi connectivity index (χ4v) is 0.817. The van der Waals surface area contributed by atoms with E-state index in [1.165, 1.54) is 31.0 Å². The van der Waals surface area contributed by atoms with Crippen molar-refractivity contribution in [3.63, 3.8) is 0 Å². The molecule has 0 bridgehead atoms. The van der Waals surface area contributed by atoms with Crippen LogP contribution in [0.5, 0.6) is 0 Å². The third kappa shape index (κ3) is 6.17. The molecule has 0 rings (SSSR count). The predicted octanol–water partition coefficient (Wildman–Crippen LogP) is 2.90. The van der Waals surface area contributed by atoms with Crippen LogP contribution in [0.3, 0.4) is 0 Å². The molecule has 0 unspecified atom stereocenters. The van der Waals surface area contributed by atoms with Crippen LogP contribution in [0.1, 0.15) is 39.5 Å². The Labute approximate surface area is 54.5 Å². The van der Waals surface area contributed by atoms with Crippen molar-refractivity contribution in [2.45, 2.75) is 39.5 Å². The first-order valence-electron chi connectivity index (χ1n) is 3.31. The first-order chi connectivity index (χ1) is 3.77. The van der Waals surface area contributed by atoms with E-state index in [0.29, 0.717) is 0 Å². The van der Waals surface area contributed by atoms with Crippen molar-refractivity contribution in [1.82, 2.24) is 0 Å². The molecule has 0 N–H and O–H groups in total. The molecule has 0 atom stereocenters. The van der Waals surface area contributed by atoms with Crippen LogP contribution in [0.2, 0.25) is 0 Å². The van der Waals surface area contributed by atoms with Gasteiger partial charge in [0.2, 0.25) is 0 Å². The third-order valence-corrected chi connectivity index (χ3v) is 1.41. The molecule has 0 aromatic heterocycles. The second-order valence-corrected chi connectivity index (χ2v) is 3.09. The van der Waals surface area contributed by atoms with Gasteiger partial charge in [-0.05, 0) is 19.8 Å². The van der Waals surface area contributed by atoms with E-state index in [4.69, 9.17) is 0 Å². The van der Waals surface area contributed by atoms with Crippen LogP contribution in [0.4, 0.5) is 0 Å². The van der Waals surface area contributed by atoms with Crippen molar-refractivity contribution in [3.8, 4) is 0 Å². The summed E-state index contributed by atoms with van der Waals surface area (Å²) >= 11 is 0. The molecule has 8 heavy (non-hydrogen) atoms. The van der Waals surface area contributed by atoms with Crippen LogP contribution >= 0.6 is 8.86 Å². The number of hydrogen-bond acceptors (Lipinski definition) is 0. The van der Waals surface area contributed by atoms with E-state index in [1.54, 1.807) is 0 Å². The van der Waals surface area contributed by atoms with Crippen molar-refractivity contribution >= 4 is 14.2 Å². The van der Waals surface area contributed by atoms with Crippen LogP contribution < -0.4 is 0 Å². The SMILES string of the molecule is CCCCCC(C)=P. The number of unbranched alkanes of at least 4 members (excludes halogenated alkanes) is 2. The Balaban J connectivity index is 2.82. The van der Waals surface area contributed by atoms with Gasteiger partial charge < -0.3 is 0 Å². The average molecular weight is 130 g/mol. The van der Waals surface area contributed by atoms with Gasteiger partial charge in [-0.3, -0.25) is 0 Å². The van der Waals surface area contributed by atoms with E-state index in [9.17, 15) is 0 Å². The van der Waals surface area contributed by atoms with E-state index in [0.717, 1.165) is 0 Å². The molecule has 1 heteroatoms. The van der Waals surface area contributed by atoms with Crippen LogP contribution in [-0.4, -0.2) is 5.29 Å². The highest BCUT2D eigenvalue weighted by Gasteiger charge is 1.85. The van der Waals surface area contributed by atoms with Gasteiger partial charge in [-0.25, -0.2) is 0 Å². The molecule has 0 saturated carbocycles. The normalized spacial score (nSPS) is 9.25. The van der Waals surface area contributed by atoms with Gasteiger partial charge in [0.05, 0.1) is 0 Å². The molecule has 0 aliphatic carbocycles. The highest BCUT2D eigenvalue weighted by atomic mass is 31.0. The zero-order chi connectivity index (χ0) is 6.41. The first kappa shape index (κ1) is 8.17. The van der Waals surface area contributed by atoms with E-state index in [-0.39, 0.29) is 0 Å². The molecule has 0 fully saturated rings. The Morgan fingerprint density at radius 1 is 1.38 bits per heavy atom. The molecule has 0 radical (unpaired) electrons. The third-order valence-electron chi connectivity index (χ3n) is 1.16. The molecular weight excluding hydrogens is 115 g/mol. The average Bonchev–Trinajstić information content (AvgIpc) is 1.66. The summed E-state index contributed by atoms with van der Waals surface area (Å²) in [6, 6.07) is 0. The molecular formula is C7H15P. The maximum Gasteiger partial charge on any atom is -0.0282 e. The van der Waals surface area contributed by atoms with Crippen molar-refractivity contribution in [2.75, 3.05) is 0 Å². The maximum atomic E-state index is 3.47. The van der Waals surface area contributed by atoms with E-state index in [2.05, 4.69) is 22.7 Å². The lowest BCUT2D eigenvalue weighted by atomic mass is 10.2. The zero-order valence-electron chi connectivity index (χ0n) is 5.83. The largest absolute Gasteiger partial charge is 0.123 e. The Morgan fingerprint density at radius 3 is 2.38 bits per heavy atom. The van der Waals surface area contributed by atoms with Crippen LogP contribution in [0.15, 0.2) is 0 Å². The Bertz CT molecular complexity index is 66.8. The molecule has 0 aliphatic heterocycles. The fourth-order valence-electron chi connectivity index (χ4n) is 0.640. The molecule has 0 amide bonds. The molecule has 0 aromatic carbocycles. The molecule has 0 aromatic rings. The summed E-state index contributed by atoms with van der Waals surface area (Å²) in [5, 5.41) is 1.37. The van der Waals surface area contributed by atoms with E-state index in [1.807, 2.05) is 0 Å². The van der Waals surface area contributed by atoms with Crippen LogP contribution in [0, 0.1) is 0 Å². The van der Waals surface area contributed by atoms with Crippen LogP contribution in [0.25, 0.3) is 0 Å². The topological polar surface area (TPSA) is 0 Å². The monoisotopic (exact) mass is 130 g/mol. The Hall–Kier alpha value is 0.170. The molecule has 48 valence electrons. The quantitative estimate of drug-likeness (QED) is 0.405. The summed E-state index contributed by atoms with van der Waals surface area (Å²) in [7, 11) is 3.47. The molecule has 0 spiro atoms. The van der Waals surface area contributed by atoms with Crippen molar-refractivity contribution in [3.05, 3.63) is 0 Å². The summed E-state index contributed by atoms with van der Waals surface area (Å²) in [5.74, 6) is 0. The van der Waals surface area contributed by atoms with Gasteiger partial charge in [0.15, 0.2) is 0 Å². The molecule has 0 heterocycles. The van der Waals surface area contributed by atoms with Gasteiger partial charge in [-0.15, -0.1) is 8.86 Å². The lowest BCUT2D eigenvalue weighted by Gasteiger charge is -1.94. The minimum atomic E-state index is 1.24. The van der Waals surface area contributed by atoms with Gasteiger partial charge >= 0.3 is 0 Å². The Kier molecular flexibility index (Phi) is 5.42. The van der Waals surface area contributed by atoms with Crippen molar-refractivity contribution < 1.29 is 0 Å². The molecule has 0 aliphatic rings. The summed E-state index contributed by atoms with van der Waals surface area (Å²) in [4.78, 5) is 0. The fraction of sp³-hybridized carbons (Fsp3) is 0.857. The highest BCUT2D eigenvalue weighted by molar-refractivity contribution is 7.20. The highest BCUT2D eigenvalue weighted by Crippen LogP contribution is 2.00. The summed E-state index contributed by atoms with van der Waals surface area (Å²) < 4.78 is 0. The van der Waals surface area contributed by atoms with Gasteiger partial charge in [-0.2, -0.15) is 0 Å². The van der Waals surface area contributed by atoms with E-state index >= 15 is 0 Å². The second kappa shape index (κ2) is 5.31. The minimum absolute atomic E-state index is 1.24. The molecule has 0 saturated heterocycles. The maximum absolute atomic E-state index is 3.47. The summed E-state index contributed by atoms with van der Waals surface area (Å²) in [5.41, 5.74) is 0. The summed E-state index contributed by atoms with van der Waals surface area (Å²) in [6.07, 6.45) is 5.26. The number of hydrogen-bond donors (Lipinski definition) is 0. The van der Waals surface area contributed by atoms with Crippen LogP contribution in [-0.2, 0) is 0 Å². The lowest BCUT2D eigenvalue weighted by Crippen LogP contribution is -1.83. The smallest absolute Gasteiger partial charge is 0.0282 e. The Morgan fingerprint density at radius 2 is 2.00 bits per heavy atom. The minimum Gasteiger partial charge on any atom is -0.123 e. The van der Waals surface area contributed by atoms with Gasteiger partial charge in [0.1, 0.15) is 0 Å². The van der Waals surface area contributed by atoms with Crippen molar-refractivity contribution in [1.29, 1.82) is 0 Å². The predicted molar refractivity (Wildman–Crippen MR) is 43.1 cm³/mol. The second-order valence-electron chi connectivity index (χ2n) is 2.24.